The van der Waals surface area contributed by atoms with Crippen molar-refractivity contribution in [3.05, 3.63) is 35.4 Å². The predicted octanol–water partition coefficient (Wildman–Crippen LogP) is 2.49. The Labute approximate surface area is 139 Å². The number of carbonyl (C=O) groups excluding carboxylic acids is 1. The van der Waals surface area contributed by atoms with Crippen molar-refractivity contribution in [2.45, 2.75) is 31.5 Å². The number of hydrogen-bond donors (Lipinski definition) is 1. The SMILES string of the molecule is CCC(Cc1ccc(C(F)(F)F)cc1)C(=O)N1CC(O)(COC)C1. The van der Waals surface area contributed by atoms with E-state index in [4.69, 9.17) is 4.74 Å². The lowest BCUT2D eigenvalue weighted by molar-refractivity contribution is -0.168. The fraction of sp³-hybridized carbons (Fsp3) is 0.588. The second-order valence-electron chi connectivity index (χ2n) is 6.36. The first kappa shape index (κ1) is 18.7. The van der Waals surface area contributed by atoms with Gasteiger partial charge in [0.05, 0.1) is 25.3 Å². The molecular formula is C17H22F3NO3. The Bertz CT molecular complexity index is 565. The zero-order valence-corrected chi connectivity index (χ0v) is 13.8. The topological polar surface area (TPSA) is 49.8 Å². The lowest BCUT2D eigenvalue weighted by Crippen LogP contribution is -2.66. The Morgan fingerprint density at radius 3 is 2.38 bits per heavy atom. The summed E-state index contributed by atoms with van der Waals surface area (Å²) in [6, 6.07) is 4.90. The fourth-order valence-electron chi connectivity index (χ4n) is 2.96. The number of hydrogen-bond acceptors (Lipinski definition) is 3. The Hall–Kier alpha value is -1.60. The third-order valence-electron chi connectivity index (χ3n) is 4.30. The minimum absolute atomic E-state index is 0.0850. The van der Waals surface area contributed by atoms with Crippen molar-refractivity contribution in [3.63, 3.8) is 0 Å². The molecule has 1 saturated heterocycles. The van der Waals surface area contributed by atoms with Crippen molar-refractivity contribution in [1.82, 2.24) is 4.90 Å². The van der Waals surface area contributed by atoms with Gasteiger partial charge in [-0.15, -0.1) is 0 Å². The zero-order chi connectivity index (χ0) is 18.0. The molecule has 1 unspecified atom stereocenters. The molecule has 0 saturated carbocycles. The van der Waals surface area contributed by atoms with E-state index in [0.717, 1.165) is 12.1 Å². The van der Waals surface area contributed by atoms with Gasteiger partial charge in [0.1, 0.15) is 5.60 Å². The molecule has 0 aromatic heterocycles. The Kier molecular flexibility index (Phi) is 5.55. The molecule has 1 amide bonds. The first-order valence-electron chi connectivity index (χ1n) is 7.85. The number of likely N-dealkylation sites (tertiary alicyclic amines) is 1. The number of methoxy groups -OCH3 is 1. The number of aliphatic hydroxyl groups is 1. The number of amides is 1. The molecule has 4 nitrogen and oxygen atoms in total. The predicted molar refractivity (Wildman–Crippen MR) is 82.3 cm³/mol. The van der Waals surface area contributed by atoms with Gasteiger partial charge >= 0.3 is 6.18 Å². The summed E-state index contributed by atoms with van der Waals surface area (Å²) in [4.78, 5) is 14.0. The Balaban J connectivity index is 1.96. The smallest absolute Gasteiger partial charge is 0.384 e. The van der Waals surface area contributed by atoms with Crippen molar-refractivity contribution in [3.8, 4) is 0 Å². The lowest BCUT2D eigenvalue weighted by atomic mass is 9.89. The van der Waals surface area contributed by atoms with Crippen molar-refractivity contribution >= 4 is 5.91 Å². The molecule has 1 fully saturated rings. The molecule has 7 heteroatoms. The van der Waals surface area contributed by atoms with Gasteiger partial charge in [0.15, 0.2) is 0 Å². The third-order valence-corrected chi connectivity index (χ3v) is 4.30. The van der Waals surface area contributed by atoms with Gasteiger partial charge in [-0.3, -0.25) is 4.79 Å². The number of rotatable bonds is 6. The number of benzene rings is 1. The van der Waals surface area contributed by atoms with E-state index in [0.29, 0.717) is 18.4 Å². The van der Waals surface area contributed by atoms with Crippen LogP contribution in [-0.2, 0) is 22.1 Å². The van der Waals surface area contributed by atoms with E-state index in [2.05, 4.69) is 0 Å². The van der Waals surface area contributed by atoms with Crippen LogP contribution in [0.5, 0.6) is 0 Å². The summed E-state index contributed by atoms with van der Waals surface area (Å²) >= 11 is 0. The minimum Gasteiger partial charge on any atom is -0.384 e. The molecule has 1 aliphatic heterocycles. The van der Waals surface area contributed by atoms with Crippen molar-refractivity contribution in [1.29, 1.82) is 0 Å². The number of nitrogens with zero attached hydrogens (tertiary/aromatic N) is 1. The molecule has 134 valence electrons. The maximum absolute atomic E-state index is 12.6. The highest BCUT2D eigenvalue weighted by Gasteiger charge is 2.44. The van der Waals surface area contributed by atoms with Crippen LogP contribution in [0.4, 0.5) is 13.2 Å². The summed E-state index contributed by atoms with van der Waals surface area (Å²) in [6.45, 7) is 2.49. The molecular weight excluding hydrogens is 323 g/mol. The fourth-order valence-corrected chi connectivity index (χ4v) is 2.96. The second kappa shape index (κ2) is 7.11. The quantitative estimate of drug-likeness (QED) is 0.862. The average molecular weight is 345 g/mol. The number of ether oxygens (including phenoxy) is 1. The molecule has 24 heavy (non-hydrogen) atoms. The number of β-amino-alcohol motifs (C(OH)–C–C–N with tert-alkyl or cyclic N) is 1. The van der Waals surface area contributed by atoms with E-state index >= 15 is 0 Å². The maximum atomic E-state index is 12.6. The molecule has 1 aliphatic rings. The molecule has 1 N–H and O–H groups in total. The van der Waals surface area contributed by atoms with Crippen LogP contribution in [0.25, 0.3) is 0 Å². The van der Waals surface area contributed by atoms with Gasteiger partial charge in [0.25, 0.3) is 0 Å². The van der Waals surface area contributed by atoms with E-state index in [9.17, 15) is 23.1 Å². The van der Waals surface area contributed by atoms with E-state index in [1.807, 2.05) is 6.92 Å². The van der Waals surface area contributed by atoms with Crippen LogP contribution in [0, 0.1) is 5.92 Å². The summed E-state index contributed by atoms with van der Waals surface area (Å²) in [5.41, 5.74) is -0.995. The first-order valence-corrected chi connectivity index (χ1v) is 7.85. The van der Waals surface area contributed by atoms with Crippen molar-refractivity contribution < 1.29 is 27.8 Å². The molecule has 0 radical (unpaired) electrons. The summed E-state index contributed by atoms with van der Waals surface area (Å²) in [5.74, 6) is -0.396. The van der Waals surface area contributed by atoms with Gasteiger partial charge in [0, 0.05) is 13.0 Å². The van der Waals surface area contributed by atoms with Crippen LogP contribution in [0.2, 0.25) is 0 Å². The minimum atomic E-state index is -4.36. The van der Waals surface area contributed by atoms with E-state index in [1.54, 1.807) is 4.90 Å². The summed E-state index contributed by atoms with van der Waals surface area (Å²) in [6.07, 6.45) is -3.40. The standard InChI is InChI=1S/C17H22F3NO3/c1-3-13(15(22)21-9-16(23,10-21)11-24-2)8-12-4-6-14(7-5-12)17(18,19)20/h4-7,13,23H,3,8-11H2,1-2H3. The molecule has 1 atom stereocenters. The molecule has 0 bridgehead atoms. The van der Waals surface area contributed by atoms with E-state index in [1.165, 1.54) is 19.2 Å². The van der Waals surface area contributed by atoms with E-state index in [-0.39, 0.29) is 31.5 Å². The second-order valence-corrected chi connectivity index (χ2v) is 6.36. The molecule has 1 heterocycles. The van der Waals surface area contributed by atoms with Gasteiger partial charge < -0.3 is 14.7 Å². The lowest BCUT2D eigenvalue weighted by Gasteiger charge is -2.47. The highest BCUT2D eigenvalue weighted by Crippen LogP contribution is 2.30. The van der Waals surface area contributed by atoms with Crippen molar-refractivity contribution in [2.75, 3.05) is 26.8 Å². The van der Waals surface area contributed by atoms with Gasteiger partial charge in [-0.05, 0) is 30.5 Å². The van der Waals surface area contributed by atoms with E-state index < -0.39 is 17.3 Å². The van der Waals surface area contributed by atoms with Gasteiger partial charge in [-0.25, -0.2) is 0 Å². The first-order chi connectivity index (χ1) is 11.2. The number of carbonyl (C=O) groups is 1. The third kappa shape index (κ3) is 4.27. The number of alkyl halides is 3. The van der Waals surface area contributed by atoms with Gasteiger partial charge in [-0.1, -0.05) is 19.1 Å². The summed E-state index contributed by atoms with van der Waals surface area (Å²) in [5, 5.41) is 10.1. The Morgan fingerprint density at radius 1 is 1.33 bits per heavy atom. The van der Waals surface area contributed by atoms with Crippen LogP contribution >= 0.6 is 0 Å². The molecule has 1 aromatic rings. The summed E-state index contributed by atoms with van der Waals surface area (Å²) in [7, 11) is 1.49. The van der Waals surface area contributed by atoms with Crippen LogP contribution < -0.4 is 0 Å². The normalized spacial score (nSPS) is 18.2. The largest absolute Gasteiger partial charge is 0.416 e. The van der Waals surface area contributed by atoms with Crippen LogP contribution in [-0.4, -0.2) is 48.3 Å². The molecule has 1 aromatic carbocycles. The Morgan fingerprint density at radius 2 is 1.92 bits per heavy atom. The van der Waals surface area contributed by atoms with Crippen LogP contribution in [0.3, 0.4) is 0 Å². The van der Waals surface area contributed by atoms with Crippen LogP contribution in [0.1, 0.15) is 24.5 Å². The maximum Gasteiger partial charge on any atom is 0.416 e. The highest BCUT2D eigenvalue weighted by atomic mass is 19.4. The molecule has 2 rings (SSSR count). The monoisotopic (exact) mass is 345 g/mol. The highest BCUT2D eigenvalue weighted by molar-refractivity contribution is 5.80. The average Bonchev–Trinajstić information content (AvgIpc) is 2.49. The van der Waals surface area contributed by atoms with Gasteiger partial charge in [-0.2, -0.15) is 13.2 Å². The number of halogens is 3. The van der Waals surface area contributed by atoms with Crippen LogP contribution in [0.15, 0.2) is 24.3 Å². The van der Waals surface area contributed by atoms with Gasteiger partial charge in [0.2, 0.25) is 5.91 Å². The zero-order valence-electron chi connectivity index (χ0n) is 13.8. The van der Waals surface area contributed by atoms with Crippen molar-refractivity contribution in [2.24, 2.45) is 5.92 Å². The molecule has 0 spiro atoms. The molecule has 0 aliphatic carbocycles. The summed E-state index contributed by atoms with van der Waals surface area (Å²) < 4.78 is 42.6.